The van der Waals surface area contributed by atoms with Crippen LogP contribution in [-0.4, -0.2) is 31.9 Å². The van der Waals surface area contributed by atoms with Crippen LogP contribution in [0.25, 0.3) is 11.3 Å². The van der Waals surface area contributed by atoms with Gasteiger partial charge in [-0.05, 0) is 18.1 Å². The molecule has 4 nitrogen and oxygen atoms in total. The van der Waals surface area contributed by atoms with Gasteiger partial charge in [0.05, 0.1) is 5.69 Å². The minimum Gasteiger partial charge on any atom is -0.231 e. The first-order chi connectivity index (χ1) is 8.33. The zero-order valence-electron chi connectivity index (χ0n) is 9.54. The maximum atomic E-state index is 4.37. The maximum Gasteiger partial charge on any atom is 0.188 e. The van der Waals surface area contributed by atoms with Gasteiger partial charge < -0.3 is 0 Å². The normalized spacial score (nSPS) is 10.5. The zero-order valence-corrected chi connectivity index (χ0v) is 11.2. The third-order valence-electron chi connectivity index (χ3n) is 1.94. The fourth-order valence-electron chi connectivity index (χ4n) is 1.20. The number of thioether (sulfide) groups is 2. The number of hydrogen-bond donors (Lipinski definition) is 0. The van der Waals surface area contributed by atoms with E-state index in [1.54, 1.807) is 24.2 Å². The Morgan fingerprint density at radius 2 is 2.18 bits per heavy atom. The molecule has 0 bridgehead atoms. The molecule has 0 aliphatic rings. The second kappa shape index (κ2) is 5.97. The van der Waals surface area contributed by atoms with Crippen molar-refractivity contribution in [2.75, 3.05) is 12.0 Å². The second-order valence-corrected chi connectivity index (χ2v) is 5.04. The van der Waals surface area contributed by atoms with Crippen molar-refractivity contribution in [3.8, 4) is 11.3 Å². The lowest BCUT2D eigenvalue weighted by Gasteiger charge is -2.01. The minimum absolute atomic E-state index is 0.739. The molecule has 2 heterocycles. The largest absolute Gasteiger partial charge is 0.231 e. The predicted octanol–water partition coefficient (Wildman–Crippen LogP) is 2.57. The number of nitrogens with zero attached hydrogens (tertiary/aromatic N) is 4. The van der Waals surface area contributed by atoms with E-state index in [1.807, 2.05) is 12.3 Å². The van der Waals surface area contributed by atoms with E-state index in [1.165, 1.54) is 11.8 Å². The van der Waals surface area contributed by atoms with Crippen LogP contribution < -0.4 is 0 Å². The summed E-state index contributed by atoms with van der Waals surface area (Å²) < 4.78 is 0. The third-order valence-corrected chi connectivity index (χ3v) is 3.25. The molecule has 0 spiro atoms. The summed E-state index contributed by atoms with van der Waals surface area (Å²) in [6.45, 7) is 2.07. The number of rotatable bonds is 4. The summed E-state index contributed by atoms with van der Waals surface area (Å²) >= 11 is 3.10. The van der Waals surface area contributed by atoms with Crippen LogP contribution in [-0.2, 0) is 0 Å². The zero-order chi connectivity index (χ0) is 12.1. The molecule has 0 atom stereocenters. The summed E-state index contributed by atoms with van der Waals surface area (Å²) in [6.07, 6.45) is 8.38. The molecule has 87 valence electrons. The Hall–Kier alpha value is -1.14. The van der Waals surface area contributed by atoms with Crippen molar-refractivity contribution in [3.05, 3.63) is 24.7 Å². The highest BCUT2D eigenvalue weighted by molar-refractivity contribution is 7.99. The Bertz CT molecular complexity index is 487. The standard InChI is InChI=1S/C11H11N4S2/c1-3-17-10-13-6-8(7-14-10)9-4-5-12-11(15-9)16-2/h4-6H,3H2,1-2H3. The monoisotopic (exact) mass is 263 g/mol. The molecule has 0 N–H and O–H groups in total. The van der Waals surface area contributed by atoms with Crippen LogP contribution in [0.15, 0.2) is 28.8 Å². The summed E-state index contributed by atoms with van der Waals surface area (Å²) in [6, 6.07) is 1.83. The van der Waals surface area contributed by atoms with Crippen LogP contribution in [0, 0.1) is 6.20 Å². The van der Waals surface area contributed by atoms with Crippen LogP contribution >= 0.6 is 23.5 Å². The molecule has 6 heteroatoms. The minimum atomic E-state index is 0.739. The molecular formula is C11H11N4S2. The molecule has 1 radical (unpaired) electrons. The Morgan fingerprint density at radius 3 is 2.82 bits per heavy atom. The first-order valence-corrected chi connectivity index (χ1v) is 7.29. The van der Waals surface area contributed by atoms with Crippen molar-refractivity contribution < 1.29 is 0 Å². The maximum absolute atomic E-state index is 4.37. The van der Waals surface area contributed by atoms with Gasteiger partial charge in [-0.3, -0.25) is 0 Å². The van der Waals surface area contributed by atoms with Crippen LogP contribution in [0.1, 0.15) is 6.92 Å². The summed E-state index contributed by atoms with van der Waals surface area (Å²) in [4.78, 5) is 16.9. The molecule has 0 unspecified atom stereocenters. The van der Waals surface area contributed by atoms with Gasteiger partial charge in [-0.1, -0.05) is 30.4 Å². The van der Waals surface area contributed by atoms with E-state index in [9.17, 15) is 0 Å². The van der Waals surface area contributed by atoms with Crippen LogP contribution in [0.2, 0.25) is 0 Å². The Labute approximate surface area is 109 Å². The first kappa shape index (κ1) is 12.3. The SMILES string of the molecule is CCSc1n[c]c(-c2ccnc(SC)n2)cn1. The molecule has 0 fully saturated rings. The van der Waals surface area contributed by atoms with Gasteiger partial charge in [0, 0.05) is 18.0 Å². The molecule has 2 aromatic rings. The summed E-state index contributed by atoms with van der Waals surface area (Å²) in [7, 11) is 0. The molecule has 17 heavy (non-hydrogen) atoms. The van der Waals surface area contributed by atoms with Gasteiger partial charge >= 0.3 is 0 Å². The van der Waals surface area contributed by atoms with Crippen molar-refractivity contribution in [2.45, 2.75) is 17.2 Å². The van der Waals surface area contributed by atoms with Gasteiger partial charge in [0.15, 0.2) is 10.3 Å². The van der Waals surface area contributed by atoms with Gasteiger partial charge in [0.1, 0.15) is 6.20 Å². The second-order valence-electron chi connectivity index (χ2n) is 3.04. The van der Waals surface area contributed by atoms with Crippen molar-refractivity contribution >= 4 is 23.5 Å². The molecule has 2 aromatic heterocycles. The quantitative estimate of drug-likeness (QED) is 0.624. The first-order valence-electron chi connectivity index (χ1n) is 5.08. The Morgan fingerprint density at radius 1 is 1.29 bits per heavy atom. The van der Waals surface area contributed by atoms with Crippen LogP contribution in [0.4, 0.5) is 0 Å². The lowest BCUT2D eigenvalue weighted by Crippen LogP contribution is -1.92. The predicted molar refractivity (Wildman–Crippen MR) is 70.1 cm³/mol. The van der Waals surface area contributed by atoms with Crippen molar-refractivity contribution in [2.24, 2.45) is 0 Å². The average Bonchev–Trinajstić information content (AvgIpc) is 2.40. The topological polar surface area (TPSA) is 51.6 Å². The Kier molecular flexibility index (Phi) is 4.33. The van der Waals surface area contributed by atoms with Crippen molar-refractivity contribution in [1.82, 2.24) is 19.9 Å². The number of aromatic nitrogens is 4. The smallest absolute Gasteiger partial charge is 0.188 e. The van der Waals surface area contributed by atoms with Gasteiger partial charge in [-0.25, -0.2) is 19.9 Å². The average molecular weight is 263 g/mol. The fraction of sp³-hybridized carbons (Fsp3) is 0.273. The summed E-state index contributed by atoms with van der Waals surface area (Å²) in [5.41, 5.74) is 1.60. The molecule has 0 saturated carbocycles. The van der Waals surface area contributed by atoms with E-state index in [-0.39, 0.29) is 0 Å². The third kappa shape index (κ3) is 3.17. The Balaban J connectivity index is 2.26. The van der Waals surface area contributed by atoms with Crippen molar-refractivity contribution in [3.63, 3.8) is 0 Å². The van der Waals surface area contributed by atoms with E-state index >= 15 is 0 Å². The van der Waals surface area contributed by atoms with E-state index in [0.29, 0.717) is 0 Å². The molecule has 0 aromatic carbocycles. The van der Waals surface area contributed by atoms with Crippen molar-refractivity contribution in [1.29, 1.82) is 0 Å². The fourth-order valence-corrected chi connectivity index (χ4v) is 2.05. The lowest BCUT2D eigenvalue weighted by molar-refractivity contribution is 0.944. The van der Waals surface area contributed by atoms with E-state index in [2.05, 4.69) is 33.1 Å². The highest BCUT2D eigenvalue weighted by Gasteiger charge is 2.04. The van der Waals surface area contributed by atoms with E-state index in [0.717, 1.165) is 27.3 Å². The molecule has 0 saturated heterocycles. The van der Waals surface area contributed by atoms with E-state index < -0.39 is 0 Å². The molecule has 2 rings (SSSR count). The van der Waals surface area contributed by atoms with E-state index in [4.69, 9.17) is 0 Å². The van der Waals surface area contributed by atoms with Crippen LogP contribution in [0.5, 0.6) is 0 Å². The molecule has 0 aliphatic carbocycles. The summed E-state index contributed by atoms with van der Waals surface area (Å²) in [5, 5.41) is 1.48. The highest BCUT2D eigenvalue weighted by atomic mass is 32.2. The van der Waals surface area contributed by atoms with Gasteiger partial charge in [0.2, 0.25) is 0 Å². The highest BCUT2D eigenvalue weighted by Crippen LogP contribution is 2.18. The molecule has 0 aliphatic heterocycles. The number of hydrogen-bond acceptors (Lipinski definition) is 6. The lowest BCUT2D eigenvalue weighted by atomic mass is 10.2. The van der Waals surface area contributed by atoms with Gasteiger partial charge in [-0.2, -0.15) is 0 Å². The summed E-state index contributed by atoms with van der Waals surface area (Å²) in [5.74, 6) is 0.956. The van der Waals surface area contributed by atoms with Gasteiger partial charge in [0.25, 0.3) is 0 Å². The molecular weight excluding hydrogens is 252 g/mol. The van der Waals surface area contributed by atoms with Gasteiger partial charge in [-0.15, -0.1) is 0 Å². The molecule has 0 amide bonds. The van der Waals surface area contributed by atoms with Crippen LogP contribution in [0.3, 0.4) is 0 Å².